The molecule has 26 heavy (non-hydrogen) atoms. The first-order valence-corrected chi connectivity index (χ1v) is 10.5. The van der Waals surface area contributed by atoms with E-state index < -0.39 is 15.4 Å². The Morgan fingerprint density at radius 3 is 2.35 bits per heavy atom. The second kappa shape index (κ2) is 9.69. The van der Waals surface area contributed by atoms with Gasteiger partial charge in [0.15, 0.2) is 0 Å². The van der Waals surface area contributed by atoms with Crippen molar-refractivity contribution in [1.29, 1.82) is 0 Å². The summed E-state index contributed by atoms with van der Waals surface area (Å²) in [4.78, 5) is 12.9. The van der Waals surface area contributed by atoms with Crippen LogP contribution in [-0.2, 0) is 14.8 Å². The van der Waals surface area contributed by atoms with Gasteiger partial charge >= 0.3 is 0 Å². The number of anilines is 1. The third-order valence-electron chi connectivity index (χ3n) is 5.27. The molecule has 0 bridgehead atoms. The lowest BCUT2D eigenvalue weighted by Crippen LogP contribution is -2.41. The van der Waals surface area contributed by atoms with Gasteiger partial charge in [-0.25, -0.2) is 8.42 Å². The van der Waals surface area contributed by atoms with Gasteiger partial charge in [-0.2, -0.15) is 4.31 Å². The van der Waals surface area contributed by atoms with Crippen LogP contribution in [-0.4, -0.2) is 38.3 Å². The highest BCUT2D eigenvalue weighted by Gasteiger charge is 2.33. The van der Waals surface area contributed by atoms with E-state index in [9.17, 15) is 13.2 Å². The zero-order valence-electron chi connectivity index (χ0n) is 15.5. The molecule has 3 N–H and O–H groups in total. The van der Waals surface area contributed by atoms with Crippen molar-refractivity contribution in [2.24, 2.45) is 11.1 Å². The summed E-state index contributed by atoms with van der Waals surface area (Å²) in [5, 5.41) is 2.85. The van der Waals surface area contributed by atoms with Gasteiger partial charge in [-0.05, 0) is 43.9 Å². The fourth-order valence-electron chi connectivity index (χ4n) is 3.20. The fourth-order valence-corrected chi connectivity index (χ4v) is 4.77. The molecule has 0 atom stereocenters. The highest BCUT2D eigenvalue weighted by molar-refractivity contribution is 7.89. The molecule has 2 rings (SSSR count). The maximum Gasteiger partial charge on any atom is 0.243 e. The topological polar surface area (TPSA) is 92.5 Å². The number of carbonyl (C=O) groups excluding carboxylic acids is 1. The van der Waals surface area contributed by atoms with E-state index in [1.807, 2.05) is 13.8 Å². The quantitative estimate of drug-likeness (QED) is 0.731. The van der Waals surface area contributed by atoms with Gasteiger partial charge in [-0.15, -0.1) is 12.4 Å². The Morgan fingerprint density at radius 1 is 1.19 bits per heavy atom. The molecule has 0 saturated carbocycles. The number of hydrogen-bond acceptors (Lipinski definition) is 4. The third kappa shape index (κ3) is 4.76. The van der Waals surface area contributed by atoms with Crippen LogP contribution in [0.25, 0.3) is 0 Å². The number of piperidine rings is 1. The first-order chi connectivity index (χ1) is 11.9. The second-order valence-electron chi connectivity index (χ2n) is 6.64. The molecule has 1 aromatic carbocycles. The number of hydrogen-bond donors (Lipinski definition) is 2. The van der Waals surface area contributed by atoms with E-state index in [-0.39, 0.29) is 29.8 Å². The fraction of sp³-hybridized carbons (Fsp3) is 0.611. The van der Waals surface area contributed by atoms with Crippen LogP contribution >= 0.6 is 12.4 Å². The van der Waals surface area contributed by atoms with Crippen molar-refractivity contribution in [2.45, 2.75) is 50.8 Å². The summed E-state index contributed by atoms with van der Waals surface area (Å²) in [6, 6.07) is 6.48. The lowest BCUT2D eigenvalue weighted by Gasteiger charge is -2.29. The summed E-state index contributed by atoms with van der Waals surface area (Å²) in [5.74, 6) is -0.160. The first kappa shape index (κ1) is 22.9. The summed E-state index contributed by atoms with van der Waals surface area (Å²) in [6.07, 6.45) is 4.12. The van der Waals surface area contributed by atoms with Crippen LogP contribution in [0.15, 0.2) is 29.2 Å². The summed E-state index contributed by atoms with van der Waals surface area (Å²) in [5.41, 5.74) is 5.68. The Hall–Kier alpha value is -1.15. The number of benzene rings is 1. The van der Waals surface area contributed by atoms with Crippen LogP contribution in [0.4, 0.5) is 5.69 Å². The minimum Gasteiger partial charge on any atom is -0.329 e. The molecule has 0 aliphatic carbocycles. The monoisotopic (exact) mass is 403 g/mol. The second-order valence-corrected chi connectivity index (χ2v) is 8.58. The largest absolute Gasteiger partial charge is 0.329 e. The zero-order valence-corrected chi connectivity index (χ0v) is 17.2. The van der Waals surface area contributed by atoms with Crippen LogP contribution < -0.4 is 11.1 Å². The molecule has 0 radical (unpaired) electrons. The lowest BCUT2D eigenvalue weighted by atomic mass is 9.81. The summed E-state index contributed by atoms with van der Waals surface area (Å²) >= 11 is 0. The zero-order chi connectivity index (χ0) is 18.5. The van der Waals surface area contributed by atoms with Crippen molar-refractivity contribution >= 4 is 34.0 Å². The minimum absolute atomic E-state index is 0. The molecule has 1 saturated heterocycles. The smallest absolute Gasteiger partial charge is 0.243 e. The summed E-state index contributed by atoms with van der Waals surface area (Å²) in [6.45, 7) is 5.25. The number of rotatable bonds is 7. The van der Waals surface area contributed by atoms with E-state index >= 15 is 0 Å². The van der Waals surface area contributed by atoms with Crippen molar-refractivity contribution in [1.82, 2.24) is 4.31 Å². The van der Waals surface area contributed by atoms with E-state index in [2.05, 4.69) is 5.32 Å². The Labute approximate surface area is 163 Å². The van der Waals surface area contributed by atoms with Gasteiger partial charge in [-0.1, -0.05) is 26.3 Å². The molecule has 0 spiro atoms. The van der Waals surface area contributed by atoms with E-state index in [0.29, 0.717) is 31.6 Å². The predicted molar refractivity (Wildman–Crippen MR) is 107 cm³/mol. The third-order valence-corrected chi connectivity index (χ3v) is 7.17. The first-order valence-electron chi connectivity index (χ1n) is 9.01. The van der Waals surface area contributed by atoms with Crippen molar-refractivity contribution in [3.8, 4) is 0 Å². The molecule has 1 aromatic rings. The van der Waals surface area contributed by atoms with Gasteiger partial charge in [0.25, 0.3) is 0 Å². The number of nitrogens with two attached hydrogens (primary N) is 1. The average molecular weight is 404 g/mol. The highest BCUT2D eigenvalue weighted by atomic mass is 35.5. The van der Waals surface area contributed by atoms with Gasteiger partial charge in [0.05, 0.1) is 10.3 Å². The molecule has 0 aromatic heterocycles. The van der Waals surface area contributed by atoms with E-state index in [0.717, 1.165) is 19.3 Å². The van der Waals surface area contributed by atoms with Crippen molar-refractivity contribution in [3.05, 3.63) is 24.3 Å². The number of halogens is 1. The van der Waals surface area contributed by atoms with Crippen LogP contribution in [0, 0.1) is 5.41 Å². The van der Waals surface area contributed by atoms with Crippen LogP contribution in [0.2, 0.25) is 0 Å². The van der Waals surface area contributed by atoms with E-state index in [1.54, 1.807) is 18.2 Å². The Kier molecular flexibility index (Phi) is 8.53. The molecular weight excluding hydrogens is 374 g/mol. The SMILES string of the molecule is CCC(CC)(CN)C(=O)Nc1cccc(S(=O)(=O)N2CCCCC2)c1.Cl. The van der Waals surface area contributed by atoms with Gasteiger partial charge < -0.3 is 11.1 Å². The molecule has 1 heterocycles. The summed E-state index contributed by atoms with van der Waals surface area (Å²) < 4.78 is 27.1. The molecule has 8 heteroatoms. The number of sulfonamides is 1. The number of amides is 1. The molecule has 1 aliphatic rings. The highest BCUT2D eigenvalue weighted by Crippen LogP contribution is 2.28. The standard InChI is InChI=1S/C18H29N3O3S.ClH/c1-3-18(4-2,14-19)17(22)20-15-9-8-10-16(13-15)25(23,24)21-11-6-5-7-12-21;/h8-10,13H,3-7,11-12,14,19H2,1-2H3,(H,20,22);1H. The van der Waals surface area contributed by atoms with E-state index in [1.165, 1.54) is 10.4 Å². The molecular formula is C18H30ClN3O3S. The van der Waals surface area contributed by atoms with E-state index in [4.69, 9.17) is 5.73 Å². The van der Waals surface area contributed by atoms with Crippen LogP contribution in [0.5, 0.6) is 0 Å². The normalized spacial score (nSPS) is 16.0. The average Bonchev–Trinajstić information content (AvgIpc) is 2.64. The Morgan fingerprint density at radius 2 is 1.81 bits per heavy atom. The number of nitrogens with zero attached hydrogens (tertiary/aromatic N) is 1. The van der Waals surface area contributed by atoms with Gasteiger partial charge in [0.2, 0.25) is 15.9 Å². The number of nitrogens with one attached hydrogen (secondary N) is 1. The predicted octanol–water partition coefficient (Wildman–Crippen LogP) is 2.99. The minimum atomic E-state index is -3.52. The molecule has 1 fully saturated rings. The molecule has 1 aliphatic heterocycles. The van der Waals surface area contributed by atoms with Crippen molar-refractivity contribution in [3.63, 3.8) is 0 Å². The maximum atomic E-state index is 12.8. The van der Waals surface area contributed by atoms with Gasteiger partial charge in [0.1, 0.15) is 0 Å². The van der Waals surface area contributed by atoms with Crippen molar-refractivity contribution in [2.75, 3.05) is 25.0 Å². The molecule has 0 unspecified atom stereocenters. The number of carbonyl (C=O) groups is 1. The maximum absolute atomic E-state index is 12.8. The molecule has 148 valence electrons. The molecule has 6 nitrogen and oxygen atoms in total. The van der Waals surface area contributed by atoms with Crippen LogP contribution in [0.3, 0.4) is 0 Å². The van der Waals surface area contributed by atoms with Gasteiger partial charge in [0, 0.05) is 25.3 Å². The summed E-state index contributed by atoms with van der Waals surface area (Å²) in [7, 11) is -3.52. The van der Waals surface area contributed by atoms with Crippen LogP contribution in [0.1, 0.15) is 46.0 Å². The van der Waals surface area contributed by atoms with Gasteiger partial charge in [-0.3, -0.25) is 4.79 Å². The molecule has 1 amide bonds. The Balaban J connectivity index is 0.00000338. The lowest BCUT2D eigenvalue weighted by molar-refractivity contribution is -0.125. The van der Waals surface area contributed by atoms with Crippen molar-refractivity contribution < 1.29 is 13.2 Å². The Bertz CT molecular complexity index is 691.